The third kappa shape index (κ3) is 2.58. The predicted octanol–water partition coefficient (Wildman–Crippen LogP) is 3.30. The molecular weight excluding hydrogens is 279 g/mol. The third-order valence-electron chi connectivity index (χ3n) is 3.77. The Kier molecular flexibility index (Phi) is 2.95. The second-order valence-corrected chi connectivity index (χ2v) is 5.39. The fraction of sp³-hybridized carbons (Fsp3) is 0.267. The van der Waals surface area contributed by atoms with Crippen molar-refractivity contribution in [2.45, 2.75) is 24.6 Å². The molecule has 0 unspecified atom stereocenters. The van der Waals surface area contributed by atoms with Gasteiger partial charge in [-0.15, -0.1) is 0 Å². The monoisotopic (exact) mass is 293 g/mol. The number of benzene rings is 1. The van der Waals surface area contributed by atoms with Crippen LogP contribution in [0.1, 0.15) is 24.0 Å². The zero-order valence-corrected chi connectivity index (χ0v) is 11.1. The normalized spacial score (nSPS) is 16.8. The van der Waals surface area contributed by atoms with Gasteiger partial charge in [-0.2, -0.15) is 13.2 Å². The standard InChI is InChI=1S/C15H14F3N3/c16-15(17,18)11-7-12(19)13(21-8-11)9-1-3-10(4-2-9)14(20)5-6-14/h1-4,7-8H,5-6,19-20H2. The predicted molar refractivity (Wildman–Crippen MR) is 74.2 cm³/mol. The number of nitrogens with zero attached hydrogens (tertiary/aromatic N) is 1. The van der Waals surface area contributed by atoms with Gasteiger partial charge in [0.05, 0.1) is 16.9 Å². The molecule has 3 rings (SSSR count). The smallest absolute Gasteiger partial charge is 0.397 e. The summed E-state index contributed by atoms with van der Waals surface area (Å²) in [4.78, 5) is 3.85. The number of nitrogens with two attached hydrogens (primary N) is 2. The second kappa shape index (κ2) is 4.46. The molecule has 0 saturated heterocycles. The molecule has 6 heteroatoms. The summed E-state index contributed by atoms with van der Waals surface area (Å²) in [6, 6.07) is 8.23. The molecule has 0 spiro atoms. The highest BCUT2D eigenvalue weighted by Gasteiger charge is 2.39. The summed E-state index contributed by atoms with van der Waals surface area (Å²) >= 11 is 0. The van der Waals surface area contributed by atoms with E-state index in [4.69, 9.17) is 11.5 Å². The molecule has 0 atom stereocenters. The van der Waals surface area contributed by atoms with Crippen LogP contribution in [0.4, 0.5) is 18.9 Å². The minimum absolute atomic E-state index is 0.00598. The van der Waals surface area contributed by atoms with Crippen LogP contribution in [-0.4, -0.2) is 4.98 Å². The Morgan fingerprint density at radius 2 is 1.71 bits per heavy atom. The van der Waals surface area contributed by atoms with E-state index in [0.717, 1.165) is 30.7 Å². The molecule has 1 heterocycles. The molecule has 0 amide bonds. The van der Waals surface area contributed by atoms with Gasteiger partial charge >= 0.3 is 6.18 Å². The summed E-state index contributed by atoms with van der Waals surface area (Å²) in [5, 5.41) is 0. The van der Waals surface area contributed by atoms with Gasteiger partial charge in [-0.05, 0) is 24.5 Å². The molecule has 1 aromatic heterocycles. The number of nitrogen functional groups attached to an aromatic ring is 1. The largest absolute Gasteiger partial charge is 0.417 e. The first-order chi connectivity index (χ1) is 9.79. The molecular formula is C15H14F3N3. The minimum Gasteiger partial charge on any atom is -0.397 e. The van der Waals surface area contributed by atoms with Crippen LogP contribution in [0.15, 0.2) is 36.5 Å². The molecule has 1 fully saturated rings. The van der Waals surface area contributed by atoms with Crippen molar-refractivity contribution in [3.8, 4) is 11.3 Å². The molecule has 0 aliphatic heterocycles. The van der Waals surface area contributed by atoms with E-state index >= 15 is 0 Å². The molecule has 21 heavy (non-hydrogen) atoms. The lowest BCUT2D eigenvalue weighted by molar-refractivity contribution is -0.137. The highest BCUT2D eigenvalue weighted by atomic mass is 19.4. The Bertz CT molecular complexity index is 674. The molecule has 110 valence electrons. The van der Waals surface area contributed by atoms with E-state index < -0.39 is 11.7 Å². The fourth-order valence-corrected chi connectivity index (χ4v) is 2.26. The van der Waals surface area contributed by atoms with Crippen molar-refractivity contribution >= 4 is 5.69 Å². The zero-order valence-electron chi connectivity index (χ0n) is 11.1. The van der Waals surface area contributed by atoms with E-state index in [1.54, 1.807) is 12.1 Å². The zero-order chi connectivity index (χ0) is 15.3. The van der Waals surface area contributed by atoms with Crippen molar-refractivity contribution in [3.05, 3.63) is 47.7 Å². The van der Waals surface area contributed by atoms with Crippen molar-refractivity contribution in [1.82, 2.24) is 4.98 Å². The van der Waals surface area contributed by atoms with Crippen LogP contribution >= 0.6 is 0 Å². The first-order valence-corrected chi connectivity index (χ1v) is 6.52. The van der Waals surface area contributed by atoms with E-state index in [-0.39, 0.29) is 11.2 Å². The number of aromatic nitrogens is 1. The third-order valence-corrected chi connectivity index (χ3v) is 3.77. The molecule has 1 aliphatic rings. The topological polar surface area (TPSA) is 64.9 Å². The van der Waals surface area contributed by atoms with E-state index in [2.05, 4.69) is 4.98 Å². The SMILES string of the molecule is Nc1cc(C(F)(F)F)cnc1-c1ccc(C2(N)CC2)cc1. The van der Waals surface area contributed by atoms with Crippen molar-refractivity contribution < 1.29 is 13.2 Å². The first kappa shape index (κ1) is 13.9. The first-order valence-electron chi connectivity index (χ1n) is 6.52. The van der Waals surface area contributed by atoms with Crippen LogP contribution in [0, 0.1) is 0 Å². The van der Waals surface area contributed by atoms with Gasteiger partial charge in [0.25, 0.3) is 0 Å². The highest BCUT2D eigenvalue weighted by Crippen LogP contribution is 2.43. The van der Waals surface area contributed by atoms with Gasteiger partial charge in [0.1, 0.15) is 0 Å². The van der Waals surface area contributed by atoms with E-state index in [9.17, 15) is 13.2 Å². The Hall–Kier alpha value is -2.08. The lowest BCUT2D eigenvalue weighted by atomic mass is 10.0. The van der Waals surface area contributed by atoms with Crippen LogP contribution in [0.5, 0.6) is 0 Å². The van der Waals surface area contributed by atoms with E-state index in [1.807, 2.05) is 12.1 Å². The van der Waals surface area contributed by atoms with Gasteiger partial charge < -0.3 is 11.5 Å². The number of rotatable bonds is 2. The molecule has 2 aromatic rings. The maximum absolute atomic E-state index is 12.6. The van der Waals surface area contributed by atoms with Gasteiger partial charge in [-0.25, -0.2) is 0 Å². The summed E-state index contributed by atoms with van der Waals surface area (Å²) in [5.74, 6) is 0. The van der Waals surface area contributed by atoms with Crippen molar-refractivity contribution in [1.29, 1.82) is 0 Å². The summed E-state index contributed by atoms with van der Waals surface area (Å²) in [6.45, 7) is 0. The maximum Gasteiger partial charge on any atom is 0.417 e. The quantitative estimate of drug-likeness (QED) is 0.893. The number of hydrogen-bond acceptors (Lipinski definition) is 3. The van der Waals surface area contributed by atoms with Crippen LogP contribution in [0.2, 0.25) is 0 Å². The molecule has 1 aliphatic carbocycles. The lowest BCUT2D eigenvalue weighted by Gasteiger charge is -2.12. The van der Waals surface area contributed by atoms with Gasteiger partial charge in [0, 0.05) is 17.3 Å². The second-order valence-electron chi connectivity index (χ2n) is 5.39. The minimum atomic E-state index is -4.44. The average molecular weight is 293 g/mol. The van der Waals surface area contributed by atoms with Gasteiger partial charge in [-0.1, -0.05) is 24.3 Å². The number of hydrogen-bond donors (Lipinski definition) is 2. The molecule has 3 nitrogen and oxygen atoms in total. The number of anilines is 1. The van der Waals surface area contributed by atoms with Crippen LogP contribution in [0.25, 0.3) is 11.3 Å². The van der Waals surface area contributed by atoms with Crippen molar-refractivity contribution in [2.24, 2.45) is 5.73 Å². The van der Waals surface area contributed by atoms with Gasteiger partial charge in [-0.3, -0.25) is 4.98 Å². The average Bonchev–Trinajstić information content (AvgIpc) is 3.17. The Labute approximate surface area is 119 Å². The van der Waals surface area contributed by atoms with Gasteiger partial charge in [0.2, 0.25) is 0 Å². The Balaban J connectivity index is 1.93. The molecule has 0 bridgehead atoms. The molecule has 1 aromatic carbocycles. The van der Waals surface area contributed by atoms with Crippen LogP contribution < -0.4 is 11.5 Å². The number of alkyl halides is 3. The molecule has 4 N–H and O–H groups in total. The summed E-state index contributed by atoms with van der Waals surface area (Å²) in [5.41, 5.74) is 12.8. The van der Waals surface area contributed by atoms with Crippen molar-refractivity contribution in [2.75, 3.05) is 5.73 Å². The summed E-state index contributed by atoms with van der Waals surface area (Å²) in [6.07, 6.45) is -1.74. The summed E-state index contributed by atoms with van der Waals surface area (Å²) in [7, 11) is 0. The Morgan fingerprint density at radius 3 is 2.19 bits per heavy atom. The van der Waals surface area contributed by atoms with E-state index in [1.165, 1.54) is 0 Å². The lowest BCUT2D eigenvalue weighted by Crippen LogP contribution is -2.18. The fourth-order valence-electron chi connectivity index (χ4n) is 2.26. The molecule has 1 saturated carbocycles. The van der Waals surface area contributed by atoms with E-state index in [0.29, 0.717) is 11.3 Å². The Morgan fingerprint density at radius 1 is 1.10 bits per heavy atom. The number of halogens is 3. The molecule has 0 radical (unpaired) electrons. The van der Waals surface area contributed by atoms with Gasteiger partial charge in [0.15, 0.2) is 0 Å². The summed E-state index contributed by atoms with van der Waals surface area (Å²) < 4.78 is 37.8. The number of pyridine rings is 1. The van der Waals surface area contributed by atoms with Crippen LogP contribution in [0.3, 0.4) is 0 Å². The highest BCUT2D eigenvalue weighted by molar-refractivity contribution is 5.73. The maximum atomic E-state index is 12.6. The van der Waals surface area contributed by atoms with Crippen LogP contribution in [-0.2, 0) is 11.7 Å². The van der Waals surface area contributed by atoms with Crippen molar-refractivity contribution in [3.63, 3.8) is 0 Å².